The van der Waals surface area contributed by atoms with E-state index in [0.29, 0.717) is 39.2 Å². The first kappa shape index (κ1) is 18.7. The molecule has 24 heavy (non-hydrogen) atoms. The maximum Gasteiger partial charge on any atom is 0.410 e. The van der Waals surface area contributed by atoms with Gasteiger partial charge in [-0.25, -0.2) is 9.59 Å². The van der Waals surface area contributed by atoms with E-state index in [-0.39, 0.29) is 6.04 Å². The van der Waals surface area contributed by atoms with E-state index in [9.17, 15) is 9.59 Å². The van der Waals surface area contributed by atoms with Crippen LogP contribution < -0.4 is 0 Å². The van der Waals surface area contributed by atoms with Gasteiger partial charge in [0.15, 0.2) is 5.79 Å². The smallest absolute Gasteiger partial charge is 0.410 e. The van der Waals surface area contributed by atoms with Gasteiger partial charge in [0, 0.05) is 25.5 Å². The van der Waals surface area contributed by atoms with Crippen LogP contribution in [0.2, 0.25) is 0 Å². The summed E-state index contributed by atoms with van der Waals surface area (Å²) < 4.78 is 21.9. The summed E-state index contributed by atoms with van der Waals surface area (Å²) in [6.45, 7) is 9.04. The van der Waals surface area contributed by atoms with Gasteiger partial charge in [0.2, 0.25) is 0 Å². The molecule has 2 heterocycles. The third kappa shape index (κ3) is 4.95. The maximum absolute atomic E-state index is 12.5. The average Bonchev–Trinajstić information content (AvgIpc) is 2.91. The summed E-state index contributed by atoms with van der Waals surface area (Å²) in [6, 6.07) is -0.351. The van der Waals surface area contributed by atoms with Crippen molar-refractivity contribution in [3.8, 4) is 0 Å². The van der Waals surface area contributed by atoms with Crippen molar-refractivity contribution in [2.24, 2.45) is 0 Å². The molecule has 2 aliphatic heterocycles. The molecule has 0 saturated carbocycles. The molecule has 1 unspecified atom stereocenters. The highest BCUT2D eigenvalue weighted by molar-refractivity contribution is 5.82. The molecule has 0 bridgehead atoms. The fourth-order valence-corrected chi connectivity index (χ4v) is 2.85. The number of hydrogen-bond acceptors (Lipinski definition) is 6. The monoisotopic (exact) mass is 341 g/mol. The summed E-state index contributed by atoms with van der Waals surface area (Å²) in [4.78, 5) is 25.7. The molecule has 0 aromatic carbocycles. The van der Waals surface area contributed by atoms with E-state index in [1.807, 2.05) is 20.8 Å². The molecule has 2 fully saturated rings. The number of likely N-dealkylation sites (tertiary alicyclic amines) is 1. The van der Waals surface area contributed by atoms with Crippen LogP contribution in [-0.4, -0.2) is 60.8 Å². The summed E-state index contributed by atoms with van der Waals surface area (Å²) in [5.74, 6) is -1.11. The molecule has 7 heteroatoms. The zero-order valence-corrected chi connectivity index (χ0v) is 14.9. The lowest BCUT2D eigenvalue weighted by molar-refractivity contribution is -0.190. The second kappa shape index (κ2) is 7.53. The van der Waals surface area contributed by atoms with Crippen molar-refractivity contribution in [3.05, 3.63) is 12.2 Å². The molecule has 2 aliphatic rings. The molecular weight excluding hydrogens is 314 g/mol. The first-order chi connectivity index (χ1) is 11.2. The molecule has 2 rings (SSSR count). The normalized spacial score (nSPS) is 23.7. The lowest BCUT2D eigenvalue weighted by atomic mass is 9.95. The van der Waals surface area contributed by atoms with E-state index < -0.39 is 23.5 Å². The average molecular weight is 341 g/mol. The minimum atomic E-state index is -0.678. The molecule has 1 spiro atoms. The minimum Gasteiger partial charge on any atom is -0.463 e. The van der Waals surface area contributed by atoms with Crippen LogP contribution in [0.1, 0.15) is 40.5 Å². The highest BCUT2D eigenvalue weighted by Gasteiger charge is 2.45. The molecular formula is C17H27NO6. The molecule has 136 valence electrons. The molecule has 2 saturated heterocycles. The van der Waals surface area contributed by atoms with Crippen molar-refractivity contribution in [1.82, 2.24) is 4.90 Å². The van der Waals surface area contributed by atoms with Crippen LogP contribution in [0.25, 0.3) is 0 Å². The van der Waals surface area contributed by atoms with Crippen LogP contribution in [0, 0.1) is 0 Å². The first-order valence-corrected chi connectivity index (χ1v) is 8.37. The van der Waals surface area contributed by atoms with Gasteiger partial charge < -0.3 is 23.8 Å². The zero-order chi connectivity index (χ0) is 17.8. The van der Waals surface area contributed by atoms with Crippen LogP contribution in [-0.2, 0) is 23.7 Å². The number of rotatable bonds is 3. The lowest BCUT2D eigenvalue weighted by Gasteiger charge is -2.42. The predicted molar refractivity (Wildman–Crippen MR) is 86.4 cm³/mol. The van der Waals surface area contributed by atoms with Crippen LogP contribution in [0.5, 0.6) is 0 Å². The van der Waals surface area contributed by atoms with Crippen molar-refractivity contribution in [3.63, 3.8) is 0 Å². The minimum absolute atomic E-state index is 0.305. The van der Waals surface area contributed by atoms with Crippen molar-refractivity contribution in [2.45, 2.75) is 58.0 Å². The first-order valence-electron chi connectivity index (χ1n) is 8.37. The molecule has 0 N–H and O–H groups in total. The Morgan fingerprint density at radius 2 is 1.96 bits per heavy atom. The van der Waals surface area contributed by atoms with Crippen LogP contribution >= 0.6 is 0 Å². The zero-order valence-electron chi connectivity index (χ0n) is 14.9. The van der Waals surface area contributed by atoms with Crippen LogP contribution in [0.3, 0.4) is 0 Å². The van der Waals surface area contributed by atoms with Gasteiger partial charge in [-0.05, 0) is 27.7 Å². The van der Waals surface area contributed by atoms with Crippen molar-refractivity contribution in [1.29, 1.82) is 0 Å². The van der Waals surface area contributed by atoms with Crippen LogP contribution in [0.15, 0.2) is 12.2 Å². The number of carbonyl (C=O) groups excluding carboxylic acids is 2. The summed E-state index contributed by atoms with van der Waals surface area (Å²) >= 11 is 0. The second-order valence-electron chi connectivity index (χ2n) is 6.91. The summed E-state index contributed by atoms with van der Waals surface area (Å²) in [7, 11) is 0. The van der Waals surface area contributed by atoms with Crippen LogP contribution in [0.4, 0.5) is 4.79 Å². The summed E-state index contributed by atoms with van der Waals surface area (Å²) in [5.41, 5.74) is -0.581. The van der Waals surface area contributed by atoms with Crippen molar-refractivity contribution < 1.29 is 28.5 Å². The SMILES string of the molecule is CCOC(=O)C=CC1CC2(CCN1C(=O)OC(C)(C)C)OCCO2. The molecule has 0 aromatic rings. The standard InChI is InChI=1S/C17H27NO6/c1-5-21-14(19)7-6-13-12-17(22-10-11-23-17)8-9-18(13)15(20)24-16(2,3)4/h6-7,13H,5,8-12H2,1-4H3. The number of carbonyl (C=O) groups is 2. The number of esters is 1. The van der Waals surface area contributed by atoms with E-state index in [1.165, 1.54) is 6.08 Å². The number of piperidine rings is 1. The van der Waals surface area contributed by atoms with Gasteiger partial charge in [0.25, 0.3) is 0 Å². The van der Waals surface area contributed by atoms with E-state index in [2.05, 4.69) is 0 Å². The molecule has 1 atom stereocenters. The van der Waals surface area contributed by atoms with Gasteiger partial charge in [0.05, 0.1) is 25.9 Å². The Labute approximate surface area is 142 Å². The Hall–Kier alpha value is -1.60. The number of ether oxygens (including phenoxy) is 4. The fraction of sp³-hybridized carbons (Fsp3) is 0.765. The van der Waals surface area contributed by atoms with Gasteiger partial charge in [0.1, 0.15) is 5.60 Å². The fourth-order valence-electron chi connectivity index (χ4n) is 2.85. The van der Waals surface area contributed by atoms with Gasteiger partial charge in [-0.2, -0.15) is 0 Å². The topological polar surface area (TPSA) is 74.3 Å². The third-order valence-corrected chi connectivity index (χ3v) is 3.84. The Kier molecular flexibility index (Phi) is 5.87. The Balaban J connectivity index is 2.12. The predicted octanol–water partition coefficient (Wildman–Crippen LogP) is 2.25. The second-order valence-corrected chi connectivity index (χ2v) is 6.91. The highest BCUT2D eigenvalue weighted by Crippen LogP contribution is 2.35. The van der Waals surface area contributed by atoms with Crippen molar-refractivity contribution in [2.75, 3.05) is 26.4 Å². The Morgan fingerprint density at radius 1 is 1.29 bits per heavy atom. The lowest BCUT2D eigenvalue weighted by Crippen LogP contribution is -2.53. The summed E-state index contributed by atoms with van der Waals surface area (Å²) in [5, 5.41) is 0. The molecule has 1 amide bonds. The van der Waals surface area contributed by atoms with Crippen molar-refractivity contribution >= 4 is 12.1 Å². The van der Waals surface area contributed by atoms with Gasteiger partial charge in [-0.1, -0.05) is 6.08 Å². The third-order valence-electron chi connectivity index (χ3n) is 3.84. The van der Waals surface area contributed by atoms with E-state index in [0.717, 1.165) is 0 Å². The highest BCUT2D eigenvalue weighted by atomic mass is 16.7. The van der Waals surface area contributed by atoms with E-state index >= 15 is 0 Å². The summed E-state index contributed by atoms with van der Waals surface area (Å²) in [6.07, 6.45) is 3.64. The Bertz CT molecular complexity index is 490. The maximum atomic E-state index is 12.5. The van der Waals surface area contributed by atoms with Gasteiger partial charge in [-0.3, -0.25) is 0 Å². The number of hydrogen-bond donors (Lipinski definition) is 0. The molecule has 0 aromatic heterocycles. The van der Waals surface area contributed by atoms with E-state index in [4.69, 9.17) is 18.9 Å². The Morgan fingerprint density at radius 3 is 2.54 bits per heavy atom. The number of nitrogens with zero attached hydrogens (tertiary/aromatic N) is 1. The molecule has 0 aliphatic carbocycles. The van der Waals surface area contributed by atoms with E-state index in [1.54, 1.807) is 17.9 Å². The number of amides is 1. The quantitative estimate of drug-likeness (QED) is 0.579. The van der Waals surface area contributed by atoms with Gasteiger partial charge >= 0.3 is 12.1 Å². The largest absolute Gasteiger partial charge is 0.463 e. The molecule has 0 radical (unpaired) electrons. The molecule has 7 nitrogen and oxygen atoms in total. The van der Waals surface area contributed by atoms with Gasteiger partial charge in [-0.15, -0.1) is 0 Å².